The Labute approximate surface area is 116 Å². The van der Waals surface area contributed by atoms with Crippen molar-refractivity contribution in [2.24, 2.45) is 0 Å². The predicted molar refractivity (Wildman–Crippen MR) is 78.1 cm³/mol. The maximum atomic E-state index is 11.0. The molecule has 1 N–H and O–H groups in total. The minimum Gasteiger partial charge on any atom is -0.469 e. The summed E-state index contributed by atoms with van der Waals surface area (Å²) < 4.78 is 4.62. The molecule has 0 radical (unpaired) electrons. The molecule has 19 heavy (non-hydrogen) atoms. The molecule has 0 aliphatic rings. The molecule has 1 unspecified atom stereocenters. The van der Waals surface area contributed by atoms with Gasteiger partial charge in [0.05, 0.1) is 7.11 Å². The van der Waals surface area contributed by atoms with E-state index in [9.17, 15) is 4.79 Å². The molecular formula is C16H25NO2. The zero-order valence-corrected chi connectivity index (χ0v) is 12.0. The first-order valence-electron chi connectivity index (χ1n) is 7.06. The standard InChI is InChI=1S/C16H25NO2/c1-14(8-6-12-16(18)19-2)17-13-7-11-15-9-4-3-5-10-15/h3-5,9-10,14,17H,6-8,11-13H2,1-2H3. The van der Waals surface area contributed by atoms with Crippen LogP contribution in [-0.2, 0) is 16.0 Å². The third-order valence-electron chi connectivity index (χ3n) is 3.22. The number of nitrogens with one attached hydrogen (secondary N) is 1. The number of hydrogen-bond acceptors (Lipinski definition) is 3. The smallest absolute Gasteiger partial charge is 0.305 e. The highest BCUT2D eigenvalue weighted by molar-refractivity contribution is 5.68. The van der Waals surface area contributed by atoms with E-state index in [1.807, 2.05) is 6.07 Å². The molecule has 0 aromatic heterocycles. The minimum atomic E-state index is -0.115. The van der Waals surface area contributed by atoms with Gasteiger partial charge in [0.1, 0.15) is 0 Å². The highest BCUT2D eigenvalue weighted by Gasteiger charge is 2.04. The number of carbonyl (C=O) groups is 1. The van der Waals surface area contributed by atoms with Crippen molar-refractivity contribution < 1.29 is 9.53 Å². The van der Waals surface area contributed by atoms with Crippen LogP contribution >= 0.6 is 0 Å². The Kier molecular flexibility index (Phi) is 7.91. The molecule has 1 aromatic carbocycles. The van der Waals surface area contributed by atoms with Gasteiger partial charge in [0.25, 0.3) is 0 Å². The van der Waals surface area contributed by atoms with Crippen LogP contribution in [0.4, 0.5) is 0 Å². The van der Waals surface area contributed by atoms with Crippen molar-refractivity contribution in [3.05, 3.63) is 35.9 Å². The van der Waals surface area contributed by atoms with Crippen molar-refractivity contribution in [1.82, 2.24) is 5.32 Å². The molecule has 106 valence electrons. The Morgan fingerprint density at radius 3 is 2.68 bits per heavy atom. The van der Waals surface area contributed by atoms with E-state index in [1.165, 1.54) is 12.7 Å². The fourth-order valence-electron chi connectivity index (χ4n) is 2.04. The Morgan fingerprint density at radius 1 is 1.26 bits per heavy atom. The van der Waals surface area contributed by atoms with E-state index in [0.717, 1.165) is 32.2 Å². The van der Waals surface area contributed by atoms with Gasteiger partial charge >= 0.3 is 5.97 Å². The second-order valence-corrected chi connectivity index (χ2v) is 4.91. The van der Waals surface area contributed by atoms with E-state index in [0.29, 0.717) is 12.5 Å². The van der Waals surface area contributed by atoms with Crippen molar-refractivity contribution in [1.29, 1.82) is 0 Å². The molecule has 0 aliphatic heterocycles. The topological polar surface area (TPSA) is 38.3 Å². The van der Waals surface area contributed by atoms with Crippen LogP contribution < -0.4 is 5.32 Å². The number of esters is 1. The minimum absolute atomic E-state index is 0.115. The van der Waals surface area contributed by atoms with Crippen LogP contribution in [0.1, 0.15) is 38.2 Å². The van der Waals surface area contributed by atoms with Gasteiger partial charge in [-0.3, -0.25) is 4.79 Å². The Hall–Kier alpha value is -1.35. The number of hydrogen-bond donors (Lipinski definition) is 1. The van der Waals surface area contributed by atoms with E-state index < -0.39 is 0 Å². The molecule has 1 atom stereocenters. The monoisotopic (exact) mass is 263 g/mol. The second-order valence-electron chi connectivity index (χ2n) is 4.91. The first kappa shape index (κ1) is 15.7. The number of carbonyl (C=O) groups excluding carboxylic acids is 1. The summed E-state index contributed by atoms with van der Waals surface area (Å²) in [7, 11) is 1.44. The van der Waals surface area contributed by atoms with E-state index in [2.05, 4.69) is 41.2 Å². The first-order valence-corrected chi connectivity index (χ1v) is 7.06. The summed E-state index contributed by atoms with van der Waals surface area (Å²) >= 11 is 0. The zero-order chi connectivity index (χ0) is 13.9. The van der Waals surface area contributed by atoms with Gasteiger partial charge in [-0.1, -0.05) is 30.3 Å². The van der Waals surface area contributed by atoms with Crippen molar-refractivity contribution in [3.8, 4) is 0 Å². The molecule has 0 heterocycles. The molecule has 0 saturated carbocycles. The lowest BCUT2D eigenvalue weighted by atomic mass is 10.1. The molecule has 0 saturated heterocycles. The third-order valence-corrected chi connectivity index (χ3v) is 3.22. The number of aryl methyl sites for hydroxylation is 1. The van der Waals surface area contributed by atoms with Crippen LogP contribution in [0, 0.1) is 0 Å². The van der Waals surface area contributed by atoms with E-state index in [1.54, 1.807) is 0 Å². The van der Waals surface area contributed by atoms with Gasteiger partial charge in [-0.15, -0.1) is 0 Å². The summed E-state index contributed by atoms with van der Waals surface area (Å²) in [5, 5.41) is 3.49. The molecule has 1 rings (SSSR count). The molecule has 0 bridgehead atoms. The summed E-state index contributed by atoms with van der Waals surface area (Å²) in [6, 6.07) is 11.0. The van der Waals surface area contributed by atoms with Crippen LogP contribution in [0.5, 0.6) is 0 Å². The summed E-state index contributed by atoms with van der Waals surface area (Å²) in [5.41, 5.74) is 1.39. The summed E-state index contributed by atoms with van der Waals surface area (Å²) in [6.45, 7) is 3.19. The van der Waals surface area contributed by atoms with Gasteiger partial charge in [-0.05, 0) is 44.7 Å². The quantitative estimate of drug-likeness (QED) is 0.550. The molecule has 0 spiro atoms. The van der Waals surface area contributed by atoms with Gasteiger partial charge in [-0.25, -0.2) is 0 Å². The Morgan fingerprint density at radius 2 is 2.00 bits per heavy atom. The van der Waals surface area contributed by atoms with Crippen LogP contribution in [0.25, 0.3) is 0 Å². The summed E-state index contributed by atoms with van der Waals surface area (Å²) in [6.07, 6.45) is 4.68. The van der Waals surface area contributed by atoms with Gasteiger partial charge in [0, 0.05) is 12.5 Å². The number of benzene rings is 1. The molecule has 0 amide bonds. The lowest BCUT2D eigenvalue weighted by Gasteiger charge is -2.13. The van der Waals surface area contributed by atoms with E-state index >= 15 is 0 Å². The second kappa shape index (κ2) is 9.56. The fraction of sp³-hybridized carbons (Fsp3) is 0.562. The highest BCUT2D eigenvalue weighted by Crippen LogP contribution is 2.04. The molecule has 0 fully saturated rings. The van der Waals surface area contributed by atoms with Crippen LogP contribution in [0.15, 0.2) is 30.3 Å². The van der Waals surface area contributed by atoms with Crippen molar-refractivity contribution in [2.45, 2.75) is 45.1 Å². The molecular weight excluding hydrogens is 238 g/mol. The lowest BCUT2D eigenvalue weighted by molar-refractivity contribution is -0.140. The average Bonchev–Trinajstić information content (AvgIpc) is 2.44. The molecule has 1 aromatic rings. The van der Waals surface area contributed by atoms with Crippen LogP contribution in [0.2, 0.25) is 0 Å². The number of methoxy groups -OCH3 is 1. The van der Waals surface area contributed by atoms with Gasteiger partial charge in [0.2, 0.25) is 0 Å². The van der Waals surface area contributed by atoms with E-state index in [-0.39, 0.29) is 5.97 Å². The van der Waals surface area contributed by atoms with Gasteiger partial charge in [0.15, 0.2) is 0 Å². The normalized spacial score (nSPS) is 12.1. The number of rotatable bonds is 9. The SMILES string of the molecule is COC(=O)CCCC(C)NCCCc1ccccc1. The largest absolute Gasteiger partial charge is 0.469 e. The Bertz CT molecular complexity index is 351. The highest BCUT2D eigenvalue weighted by atomic mass is 16.5. The summed E-state index contributed by atoms with van der Waals surface area (Å²) in [5.74, 6) is -0.115. The van der Waals surface area contributed by atoms with Crippen molar-refractivity contribution in [3.63, 3.8) is 0 Å². The fourth-order valence-corrected chi connectivity index (χ4v) is 2.04. The van der Waals surface area contributed by atoms with Crippen LogP contribution in [0.3, 0.4) is 0 Å². The van der Waals surface area contributed by atoms with Gasteiger partial charge in [-0.2, -0.15) is 0 Å². The van der Waals surface area contributed by atoms with Crippen molar-refractivity contribution in [2.75, 3.05) is 13.7 Å². The molecule has 0 aliphatic carbocycles. The predicted octanol–water partition coefficient (Wildman–Crippen LogP) is 2.94. The molecule has 3 heteroatoms. The van der Waals surface area contributed by atoms with Gasteiger partial charge < -0.3 is 10.1 Å². The van der Waals surface area contributed by atoms with Crippen LogP contribution in [-0.4, -0.2) is 25.7 Å². The maximum absolute atomic E-state index is 11.0. The Balaban J connectivity index is 2.01. The third kappa shape index (κ3) is 7.62. The van der Waals surface area contributed by atoms with E-state index in [4.69, 9.17) is 0 Å². The summed E-state index contributed by atoms with van der Waals surface area (Å²) in [4.78, 5) is 11.0. The average molecular weight is 263 g/mol. The first-order chi connectivity index (χ1) is 9.22. The lowest BCUT2D eigenvalue weighted by Crippen LogP contribution is -2.27. The zero-order valence-electron chi connectivity index (χ0n) is 12.0. The maximum Gasteiger partial charge on any atom is 0.305 e. The molecule has 3 nitrogen and oxygen atoms in total. The van der Waals surface area contributed by atoms with Crippen molar-refractivity contribution >= 4 is 5.97 Å². The number of ether oxygens (including phenoxy) is 1.